The number of aryl methyl sites for hydroxylation is 1. The summed E-state index contributed by atoms with van der Waals surface area (Å²) >= 11 is 0. The van der Waals surface area contributed by atoms with Gasteiger partial charge in [0.05, 0.1) is 0 Å². The van der Waals surface area contributed by atoms with E-state index >= 15 is 0 Å². The molecule has 0 radical (unpaired) electrons. The first-order valence-electron chi connectivity index (χ1n) is 6.85. The van der Waals surface area contributed by atoms with Crippen molar-refractivity contribution in [2.45, 2.75) is 39.2 Å². The van der Waals surface area contributed by atoms with E-state index in [-0.39, 0.29) is 5.82 Å². The van der Waals surface area contributed by atoms with Gasteiger partial charge in [-0.15, -0.1) is 0 Å². The summed E-state index contributed by atoms with van der Waals surface area (Å²) in [7, 11) is -0.625. The molecule has 0 N–H and O–H groups in total. The first kappa shape index (κ1) is 16.3. The Morgan fingerprint density at radius 3 is 2.32 bits per heavy atom. The van der Waals surface area contributed by atoms with Gasteiger partial charge in [0, 0.05) is 13.2 Å². The van der Waals surface area contributed by atoms with Gasteiger partial charge >= 0.3 is 0 Å². The molecule has 1 rings (SSSR count). The van der Waals surface area contributed by atoms with Crippen molar-refractivity contribution in [2.24, 2.45) is 0 Å². The molecule has 0 unspecified atom stereocenters. The van der Waals surface area contributed by atoms with Crippen LogP contribution in [0.25, 0.3) is 0 Å². The van der Waals surface area contributed by atoms with E-state index in [0.29, 0.717) is 13.2 Å². The first-order valence-corrected chi connectivity index (χ1v) is 8.43. The Balaban J connectivity index is 2.11. The van der Waals surface area contributed by atoms with Gasteiger partial charge in [0.25, 0.3) is 6.48 Å². The third-order valence-corrected chi connectivity index (χ3v) is 3.93. The normalized spacial score (nSPS) is 11.8. The van der Waals surface area contributed by atoms with Gasteiger partial charge in [-0.25, -0.2) is 4.39 Å². The SMILES string of the molecule is CCOC(OCC)O[SiH2]CCCc1ccc(F)cc1. The molecule has 0 spiro atoms. The van der Waals surface area contributed by atoms with Gasteiger partial charge in [0.15, 0.2) is 9.76 Å². The standard InChI is InChI=1S/C14H23FO3Si/c1-3-16-14(17-4-2)18-19-11-5-6-12-7-9-13(15)10-8-12/h7-10,14H,3-6,11,19H2,1-2H3. The van der Waals surface area contributed by atoms with E-state index in [4.69, 9.17) is 13.9 Å². The molecule has 0 heterocycles. The van der Waals surface area contributed by atoms with E-state index in [1.807, 2.05) is 26.0 Å². The van der Waals surface area contributed by atoms with E-state index in [1.165, 1.54) is 17.7 Å². The van der Waals surface area contributed by atoms with Crippen molar-refractivity contribution in [2.75, 3.05) is 13.2 Å². The van der Waals surface area contributed by atoms with Gasteiger partial charge in [-0.1, -0.05) is 18.6 Å². The highest BCUT2D eigenvalue weighted by molar-refractivity contribution is 6.27. The van der Waals surface area contributed by atoms with Gasteiger partial charge in [-0.3, -0.25) is 0 Å². The average molecular weight is 286 g/mol. The summed E-state index contributed by atoms with van der Waals surface area (Å²) in [6, 6.07) is 7.74. The van der Waals surface area contributed by atoms with Gasteiger partial charge < -0.3 is 13.9 Å². The minimum absolute atomic E-state index is 0.183. The topological polar surface area (TPSA) is 27.7 Å². The van der Waals surface area contributed by atoms with Crippen molar-refractivity contribution >= 4 is 9.76 Å². The Hall–Kier alpha value is -0.753. The number of ether oxygens (including phenoxy) is 2. The highest BCUT2D eigenvalue weighted by Crippen LogP contribution is 2.07. The zero-order chi connectivity index (χ0) is 13.9. The Bertz CT molecular complexity index is 326. The summed E-state index contributed by atoms with van der Waals surface area (Å²) in [6.07, 6.45) is 2.02. The van der Waals surface area contributed by atoms with Crippen LogP contribution in [0.4, 0.5) is 4.39 Å². The van der Waals surface area contributed by atoms with Crippen LogP contribution in [-0.2, 0) is 20.3 Å². The molecule has 0 aliphatic heterocycles. The van der Waals surface area contributed by atoms with Crippen LogP contribution in [0.1, 0.15) is 25.8 Å². The van der Waals surface area contributed by atoms with Crippen molar-refractivity contribution in [1.82, 2.24) is 0 Å². The zero-order valence-electron chi connectivity index (χ0n) is 11.7. The Morgan fingerprint density at radius 2 is 1.74 bits per heavy atom. The lowest BCUT2D eigenvalue weighted by Gasteiger charge is -2.17. The van der Waals surface area contributed by atoms with Crippen LogP contribution < -0.4 is 0 Å². The minimum Gasteiger partial charge on any atom is -0.379 e. The van der Waals surface area contributed by atoms with Crippen LogP contribution in [0, 0.1) is 5.82 Å². The Kier molecular flexibility index (Phi) is 8.65. The summed E-state index contributed by atoms with van der Waals surface area (Å²) in [6.45, 7) is 4.53. The van der Waals surface area contributed by atoms with E-state index in [1.54, 1.807) is 0 Å². The number of benzene rings is 1. The van der Waals surface area contributed by atoms with Gasteiger partial charge in [-0.2, -0.15) is 0 Å². The molecule has 19 heavy (non-hydrogen) atoms. The molecule has 0 amide bonds. The predicted octanol–water partition coefficient (Wildman–Crippen LogP) is 2.63. The lowest BCUT2D eigenvalue weighted by Crippen LogP contribution is -2.23. The molecule has 0 saturated heterocycles. The fourth-order valence-electron chi connectivity index (χ4n) is 1.68. The van der Waals surface area contributed by atoms with Crippen LogP contribution in [0.5, 0.6) is 0 Å². The maximum Gasteiger partial charge on any atom is 0.261 e. The van der Waals surface area contributed by atoms with E-state index < -0.39 is 16.2 Å². The summed E-state index contributed by atoms with van der Waals surface area (Å²) in [5, 5.41) is 0. The van der Waals surface area contributed by atoms with Crippen LogP contribution in [0.3, 0.4) is 0 Å². The fraction of sp³-hybridized carbons (Fsp3) is 0.571. The molecular formula is C14H23FO3Si. The largest absolute Gasteiger partial charge is 0.379 e. The maximum absolute atomic E-state index is 12.7. The molecule has 1 aromatic carbocycles. The molecule has 0 aliphatic carbocycles. The third kappa shape index (κ3) is 7.42. The molecule has 0 atom stereocenters. The molecular weight excluding hydrogens is 263 g/mol. The van der Waals surface area contributed by atoms with E-state index in [9.17, 15) is 4.39 Å². The van der Waals surface area contributed by atoms with Crippen molar-refractivity contribution in [3.63, 3.8) is 0 Å². The minimum atomic E-state index is -0.625. The molecule has 0 aromatic heterocycles. The highest BCUT2D eigenvalue weighted by Gasteiger charge is 2.07. The molecule has 5 heteroatoms. The number of rotatable bonds is 10. The second-order valence-corrected chi connectivity index (χ2v) is 5.60. The van der Waals surface area contributed by atoms with E-state index in [2.05, 4.69) is 0 Å². The molecule has 1 aromatic rings. The first-order chi connectivity index (χ1) is 9.26. The van der Waals surface area contributed by atoms with Crippen LogP contribution in [0.15, 0.2) is 24.3 Å². The summed E-state index contributed by atoms with van der Waals surface area (Å²) in [5.41, 5.74) is 1.17. The van der Waals surface area contributed by atoms with Gasteiger partial charge in [0.1, 0.15) is 5.82 Å². The quantitative estimate of drug-likeness (QED) is 0.376. The lowest BCUT2D eigenvalue weighted by molar-refractivity contribution is -0.243. The highest BCUT2D eigenvalue weighted by atomic mass is 28.2. The van der Waals surface area contributed by atoms with E-state index in [0.717, 1.165) is 18.9 Å². The Labute approximate surface area is 117 Å². The molecule has 108 valence electrons. The van der Waals surface area contributed by atoms with Crippen molar-refractivity contribution in [1.29, 1.82) is 0 Å². The van der Waals surface area contributed by atoms with Crippen LogP contribution >= 0.6 is 0 Å². The third-order valence-electron chi connectivity index (χ3n) is 2.63. The molecule has 0 fully saturated rings. The second kappa shape index (κ2) is 10.1. The summed E-state index contributed by atoms with van der Waals surface area (Å²) in [5.74, 6) is -0.183. The molecule has 0 aliphatic rings. The number of hydrogen-bond donors (Lipinski definition) is 0. The monoisotopic (exact) mass is 286 g/mol. The average Bonchev–Trinajstić information content (AvgIpc) is 2.41. The summed E-state index contributed by atoms with van der Waals surface area (Å²) in [4.78, 5) is 0. The van der Waals surface area contributed by atoms with Crippen LogP contribution in [-0.4, -0.2) is 29.5 Å². The molecule has 0 bridgehead atoms. The summed E-state index contributed by atoms with van der Waals surface area (Å²) < 4.78 is 29.0. The fourth-order valence-corrected chi connectivity index (χ4v) is 2.68. The van der Waals surface area contributed by atoms with Gasteiger partial charge in [-0.05, 0) is 44.0 Å². The Morgan fingerprint density at radius 1 is 1.11 bits per heavy atom. The zero-order valence-corrected chi connectivity index (χ0v) is 13.1. The van der Waals surface area contributed by atoms with Crippen LogP contribution in [0.2, 0.25) is 6.04 Å². The molecule has 0 saturated carbocycles. The molecule has 3 nitrogen and oxygen atoms in total. The smallest absolute Gasteiger partial charge is 0.261 e. The van der Waals surface area contributed by atoms with Gasteiger partial charge in [0.2, 0.25) is 0 Å². The van der Waals surface area contributed by atoms with Crippen molar-refractivity contribution in [3.05, 3.63) is 35.6 Å². The maximum atomic E-state index is 12.7. The predicted molar refractivity (Wildman–Crippen MR) is 76.2 cm³/mol. The number of hydrogen-bond acceptors (Lipinski definition) is 3. The second-order valence-electron chi connectivity index (χ2n) is 4.15. The number of halogens is 1. The van der Waals surface area contributed by atoms with Crippen molar-refractivity contribution < 1.29 is 18.3 Å². The van der Waals surface area contributed by atoms with Crippen molar-refractivity contribution in [3.8, 4) is 0 Å². The lowest BCUT2D eigenvalue weighted by atomic mass is 10.1.